The van der Waals surface area contributed by atoms with Gasteiger partial charge < -0.3 is 9.47 Å². The van der Waals surface area contributed by atoms with Crippen LogP contribution in [-0.4, -0.2) is 36.0 Å². The van der Waals surface area contributed by atoms with Crippen molar-refractivity contribution in [3.8, 4) is 11.5 Å². The van der Waals surface area contributed by atoms with Crippen LogP contribution in [0.4, 0.5) is 14.9 Å². The first-order valence-corrected chi connectivity index (χ1v) is 9.95. The molecule has 0 unspecified atom stereocenters. The molecule has 0 aliphatic carbocycles. The third kappa shape index (κ3) is 4.66. The maximum absolute atomic E-state index is 14.4. The van der Waals surface area contributed by atoms with Crippen molar-refractivity contribution in [1.82, 2.24) is 19.4 Å². The summed E-state index contributed by atoms with van der Waals surface area (Å²) < 4.78 is 28.5. The van der Waals surface area contributed by atoms with Crippen LogP contribution in [-0.2, 0) is 11.2 Å². The summed E-state index contributed by atoms with van der Waals surface area (Å²) in [6.07, 6.45) is 4.52. The third-order valence-electron chi connectivity index (χ3n) is 4.87. The van der Waals surface area contributed by atoms with Crippen molar-refractivity contribution < 1.29 is 23.6 Å². The van der Waals surface area contributed by atoms with Gasteiger partial charge in [0.1, 0.15) is 11.1 Å². The summed E-state index contributed by atoms with van der Waals surface area (Å²) in [4.78, 5) is 22.6. The Bertz CT molecular complexity index is 1360. The molecule has 0 atom stereocenters. The molecule has 1 aromatic carbocycles. The molecular formula is C22H20FN5O5. The predicted molar refractivity (Wildman–Crippen MR) is 115 cm³/mol. The van der Waals surface area contributed by atoms with E-state index in [1.165, 1.54) is 16.9 Å². The Balaban J connectivity index is 1.60. The fourth-order valence-electron chi connectivity index (χ4n) is 3.40. The third-order valence-corrected chi connectivity index (χ3v) is 4.87. The van der Waals surface area contributed by atoms with Crippen LogP contribution in [0.5, 0.6) is 11.5 Å². The van der Waals surface area contributed by atoms with Crippen molar-refractivity contribution in [2.75, 3.05) is 0 Å². The van der Waals surface area contributed by atoms with Crippen LogP contribution in [0.15, 0.2) is 55.0 Å². The molecule has 3 aromatic heterocycles. The van der Waals surface area contributed by atoms with Gasteiger partial charge in [-0.25, -0.2) is 13.7 Å². The van der Waals surface area contributed by atoms with Crippen LogP contribution < -0.4 is 4.74 Å². The molecule has 0 spiro atoms. The number of non-ortho nitro benzene ring substituents is 1. The Labute approximate surface area is 187 Å². The molecule has 33 heavy (non-hydrogen) atoms. The van der Waals surface area contributed by atoms with Gasteiger partial charge in [0, 0.05) is 30.6 Å². The summed E-state index contributed by atoms with van der Waals surface area (Å²) in [7, 11) is 0. The van der Waals surface area contributed by atoms with Gasteiger partial charge in [-0.1, -0.05) is 0 Å². The molecular weight excluding hydrogens is 433 g/mol. The lowest BCUT2D eigenvalue weighted by Crippen LogP contribution is -2.33. The van der Waals surface area contributed by atoms with Gasteiger partial charge in [-0.05, 0) is 50.6 Å². The fourth-order valence-corrected chi connectivity index (χ4v) is 3.40. The average molecular weight is 453 g/mol. The van der Waals surface area contributed by atoms with E-state index in [1.807, 2.05) is 0 Å². The molecule has 0 saturated heterocycles. The average Bonchev–Trinajstić information content (AvgIpc) is 3.37. The lowest BCUT2D eigenvalue weighted by molar-refractivity contribution is -0.385. The highest BCUT2D eigenvalue weighted by molar-refractivity contribution is 5.70. The largest absolute Gasteiger partial charge is 0.452 e. The minimum Gasteiger partial charge on any atom is -0.452 e. The number of halogens is 1. The molecule has 0 bridgehead atoms. The van der Waals surface area contributed by atoms with Crippen LogP contribution >= 0.6 is 0 Å². The number of ether oxygens (including phenoxy) is 2. The predicted octanol–water partition coefficient (Wildman–Crippen LogP) is 4.68. The molecule has 11 heteroatoms. The first-order valence-electron chi connectivity index (χ1n) is 9.95. The standard InChI is InChI=1S/C22H20FN5O5/c1-14-6-8-25-27(14)21(29)33-22(2,3)12-15-10-20(18-7-9-24-26(18)13-15)32-19-5-4-16(28(30)31)11-17(19)23/h4-11,13H,12H2,1-3H3. The normalized spacial score (nSPS) is 11.5. The van der Waals surface area contributed by atoms with E-state index in [2.05, 4.69) is 10.2 Å². The minimum absolute atomic E-state index is 0.166. The summed E-state index contributed by atoms with van der Waals surface area (Å²) in [6.45, 7) is 5.26. The van der Waals surface area contributed by atoms with Crippen molar-refractivity contribution in [3.05, 3.63) is 82.2 Å². The molecule has 0 radical (unpaired) electrons. The van der Waals surface area contributed by atoms with E-state index in [1.54, 1.807) is 55.9 Å². The Morgan fingerprint density at radius 3 is 2.58 bits per heavy atom. The van der Waals surface area contributed by atoms with Gasteiger partial charge in [0.2, 0.25) is 0 Å². The van der Waals surface area contributed by atoms with Gasteiger partial charge in [-0.2, -0.15) is 14.9 Å². The lowest BCUT2D eigenvalue weighted by Gasteiger charge is -2.25. The number of aryl methyl sites for hydroxylation is 1. The summed E-state index contributed by atoms with van der Waals surface area (Å²) in [6, 6.07) is 8.23. The minimum atomic E-state index is -0.911. The number of fused-ring (bicyclic) bond motifs is 1. The smallest absolute Gasteiger partial charge is 0.435 e. The van der Waals surface area contributed by atoms with Crippen LogP contribution in [0.3, 0.4) is 0 Å². The zero-order chi connectivity index (χ0) is 23.8. The number of nitro groups is 1. The summed E-state index contributed by atoms with van der Waals surface area (Å²) in [5, 5.41) is 19.0. The van der Waals surface area contributed by atoms with Gasteiger partial charge in [-0.3, -0.25) is 10.1 Å². The maximum Gasteiger partial charge on any atom is 0.435 e. The van der Waals surface area contributed by atoms with Gasteiger partial charge >= 0.3 is 6.09 Å². The van der Waals surface area contributed by atoms with Crippen molar-refractivity contribution in [2.24, 2.45) is 0 Å². The van der Waals surface area contributed by atoms with Crippen LogP contribution in [0.2, 0.25) is 0 Å². The second-order valence-corrected chi connectivity index (χ2v) is 8.04. The number of aromatic nitrogens is 4. The number of hydrogen-bond acceptors (Lipinski definition) is 7. The second kappa shape index (κ2) is 8.34. The number of hydrogen-bond donors (Lipinski definition) is 0. The molecule has 170 valence electrons. The monoisotopic (exact) mass is 453 g/mol. The highest BCUT2D eigenvalue weighted by Gasteiger charge is 2.26. The van der Waals surface area contributed by atoms with Crippen LogP contribution in [0, 0.1) is 22.9 Å². The number of rotatable bonds is 6. The maximum atomic E-state index is 14.4. The topological polar surface area (TPSA) is 114 Å². The highest BCUT2D eigenvalue weighted by atomic mass is 19.1. The molecule has 3 heterocycles. The van der Waals surface area contributed by atoms with E-state index in [-0.39, 0.29) is 11.4 Å². The molecule has 4 aromatic rings. The van der Waals surface area contributed by atoms with Gasteiger partial charge in [0.15, 0.2) is 17.3 Å². The van der Waals surface area contributed by atoms with E-state index >= 15 is 0 Å². The van der Waals surface area contributed by atoms with Gasteiger partial charge in [0.05, 0.1) is 17.2 Å². The Morgan fingerprint density at radius 2 is 1.91 bits per heavy atom. The van der Waals surface area contributed by atoms with E-state index in [9.17, 15) is 19.3 Å². The number of nitro benzene ring substituents is 1. The first kappa shape index (κ1) is 21.9. The molecule has 0 fully saturated rings. The summed E-state index contributed by atoms with van der Waals surface area (Å²) in [5.74, 6) is -0.736. The molecule has 0 amide bonds. The molecule has 10 nitrogen and oxygen atoms in total. The molecule has 0 aliphatic rings. The first-order chi connectivity index (χ1) is 15.6. The SMILES string of the molecule is Cc1ccnn1C(=O)OC(C)(C)Cc1cc(Oc2ccc([N+](=O)[O-])cc2F)c2ccnn2c1. The number of pyridine rings is 1. The van der Waals surface area contributed by atoms with Gasteiger partial charge in [0.25, 0.3) is 5.69 Å². The number of carbonyl (C=O) groups is 1. The van der Waals surface area contributed by atoms with E-state index in [0.29, 0.717) is 28.9 Å². The molecule has 0 aliphatic heterocycles. The van der Waals surface area contributed by atoms with Crippen molar-refractivity contribution in [2.45, 2.75) is 32.8 Å². The number of nitrogens with zero attached hydrogens (tertiary/aromatic N) is 5. The Kier molecular flexibility index (Phi) is 5.54. The molecule has 4 rings (SSSR count). The van der Waals surface area contributed by atoms with Gasteiger partial charge in [-0.15, -0.1) is 0 Å². The second-order valence-electron chi connectivity index (χ2n) is 8.04. The van der Waals surface area contributed by atoms with Crippen molar-refractivity contribution >= 4 is 17.3 Å². The molecule has 0 N–H and O–H groups in total. The van der Waals surface area contributed by atoms with Crippen LogP contribution in [0.1, 0.15) is 25.1 Å². The van der Waals surface area contributed by atoms with E-state index in [0.717, 1.165) is 12.1 Å². The zero-order valence-corrected chi connectivity index (χ0v) is 18.1. The summed E-state index contributed by atoms with van der Waals surface area (Å²) >= 11 is 0. The van der Waals surface area contributed by atoms with E-state index < -0.39 is 22.4 Å². The van der Waals surface area contributed by atoms with Crippen LogP contribution in [0.25, 0.3) is 5.52 Å². The highest BCUT2D eigenvalue weighted by Crippen LogP contribution is 2.32. The van der Waals surface area contributed by atoms with Crippen molar-refractivity contribution in [3.63, 3.8) is 0 Å². The fraction of sp³-hybridized carbons (Fsp3) is 0.227. The van der Waals surface area contributed by atoms with E-state index in [4.69, 9.17) is 9.47 Å². The molecule has 0 saturated carbocycles. The zero-order valence-electron chi connectivity index (χ0n) is 18.1. The Morgan fingerprint density at radius 1 is 1.15 bits per heavy atom. The summed E-state index contributed by atoms with van der Waals surface area (Å²) in [5.41, 5.74) is 0.636. The number of carbonyl (C=O) groups excluding carboxylic acids is 1. The lowest BCUT2D eigenvalue weighted by atomic mass is 9.99. The Hall–Kier alpha value is -4.28. The number of benzene rings is 1. The quantitative estimate of drug-likeness (QED) is 0.307. The van der Waals surface area contributed by atoms with Crippen molar-refractivity contribution in [1.29, 1.82) is 0 Å².